The molecule has 1 saturated heterocycles. The van der Waals surface area contributed by atoms with E-state index in [0.29, 0.717) is 29.0 Å². The van der Waals surface area contributed by atoms with Crippen molar-refractivity contribution in [3.8, 4) is 0 Å². The molecule has 0 aromatic rings. The summed E-state index contributed by atoms with van der Waals surface area (Å²) in [6.07, 6.45) is 0.542. The van der Waals surface area contributed by atoms with Crippen LogP contribution < -0.4 is 5.32 Å². The molecule has 2 rings (SSSR count). The quantitative estimate of drug-likeness (QED) is 0.722. The van der Waals surface area contributed by atoms with Gasteiger partial charge in [-0.3, -0.25) is 0 Å². The molecule has 1 fully saturated rings. The van der Waals surface area contributed by atoms with Crippen molar-refractivity contribution in [1.82, 2.24) is 10.4 Å². The third-order valence-corrected chi connectivity index (χ3v) is 5.90. The molecular formula is C21H33N2O5. The summed E-state index contributed by atoms with van der Waals surface area (Å²) in [5.74, 6) is -1.77. The van der Waals surface area contributed by atoms with E-state index in [1.54, 1.807) is 27.7 Å². The van der Waals surface area contributed by atoms with Crippen LogP contribution in [-0.2, 0) is 24.3 Å². The lowest BCUT2D eigenvalue weighted by Crippen LogP contribution is -2.49. The summed E-state index contributed by atoms with van der Waals surface area (Å²) in [5, 5.41) is 17.2. The molecule has 1 unspecified atom stereocenters. The summed E-state index contributed by atoms with van der Waals surface area (Å²) >= 11 is 0. The van der Waals surface area contributed by atoms with Gasteiger partial charge in [0.2, 0.25) is 0 Å². The Morgan fingerprint density at radius 3 is 1.75 bits per heavy atom. The number of hydrogen-bond donors (Lipinski definition) is 1. The van der Waals surface area contributed by atoms with Crippen LogP contribution in [0.25, 0.3) is 0 Å². The first-order valence-corrected chi connectivity index (χ1v) is 9.90. The first-order valence-electron chi connectivity index (χ1n) is 9.90. The molecule has 2 aliphatic rings. The maximum atomic E-state index is 13.0. The number of nitrogens with one attached hydrogen (secondary N) is 1. The SMILES string of the molecule is CCOC(=O)C1=C(C)NC(C)=C(C(=O)OCC)C1C1CC(C)(C)N([O])C1(C)C. The van der Waals surface area contributed by atoms with Crippen LogP contribution in [0.1, 0.15) is 61.8 Å². The second-order valence-electron chi connectivity index (χ2n) is 8.69. The molecule has 0 saturated carbocycles. The Labute approximate surface area is 167 Å². The predicted octanol–water partition coefficient (Wildman–Crippen LogP) is 3.10. The van der Waals surface area contributed by atoms with Gasteiger partial charge in [0.25, 0.3) is 0 Å². The normalized spacial score (nSPS) is 25.0. The average molecular weight is 394 g/mol. The van der Waals surface area contributed by atoms with E-state index < -0.39 is 28.9 Å². The van der Waals surface area contributed by atoms with Crippen molar-refractivity contribution in [1.29, 1.82) is 0 Å². The van der Waals surface area contributed by atoms with Gasteiger partial charge in [-0.1, -0.05) is 0 Å². The topological polar surface area (TPSA) is 87.8 Å². The van der Waals surface area contributed by atoms with E-state index >= 15 is 0 Å². The highest BCUT2D eigenvalue weighted by Gasteiger charge is 2.58. The molecular weight excluding hydrogens is 360 g/mol. The van der Waals surface area contributed by atoms with E-state index in [0.717, 1.165) is 5.06 Å². The van der Waals surface area contributed by atoms with Crippen LogP contribution >= 0.6 is 0 Å². The maximum Gasteiger partial charge on any atom is 0.336 e. The number of carbonyl (C=O) groups excluding carboxylic acids is 2. The number of hydroxylamine groups is 2. The van der Waals surface area contributed by atoms with E-state index in [1.807, 2.05) is 27.7 Å². The zero-order valence-corrected chi connectivity index (χ0v) is 18.3. The minimum absolute atomic E-state index is 0.229. The number of carbonyl (C=O) groups is 2. The Balaban J connectivity index is 2.67. The molecule has 1 atom stereocenters. The van der Waals surface area contributed by atoms with Gasteiger partial charge in [-0.25, -0.2) is 9.59 Å². The van der Waals surface area contributed by atoms with Crippen molar-refractivity contribution in [2.45, 2.75) is 72.9 Å². The lowest BCUT2D eigenvalue weighted by molar-refractivity contribution is -0.249. The Hall–Kier alpha value is -1.86. The highest BCUT2D eigenvalue weighted by Crippen LogP contribution is 2.52. The Morgan fingerprint density at radius 2 is 1.43 bits per heavy atom. The average Bonchev–Trinajstić information content (AvgIpc) is 2.73. The number of ether oxygens (including phenoxy) is 2. The van der Waals surface area contributed by atoms with E-state index in [1.165, 1.54) is 0 Å². The Morgan fingerprint density at radius 1 is 1.00 bits per heavy atom. The monoisotopic (exact) mass is 393 g/mol. The fraction of sp³-hybridized carbons (Fsp3) is 0.714. The van der Waals surface area contributed by atoms with Gasteiger partial charge < -0.3 is 14.8 Å². The smallest absolute Gasteiger partial charge is 0.336 e. The van der Waals surface area contributed by atoms with Crippen LogP contribution in [0, 0.1) is 11.8 Å². The van der Waals surface area contributed by atoms with Gasteiger partial charge in [0.05, 0.1) is 24.4 Å². The van der Waals surface area contributed by atoms with Crippen molar-refractivity contribution in [2.24, 2.45) is 11.8 Å². The molecule has 0 aliphatic carbocycles. The van der Waals surface area contributed by atoms with Gasteiger partial charge in [0, 0.05) is 28.4 Å². The third kappa shape index (κ3) is 3.70. The lowest BCUT2D eigenvalue weighted by Gasteiger charge is -2.40. The highest BCUT2D eigenvalue weighted by atomic mass is 16.5. The standard InChI is InChI=1S/C21H33N2O5/c1-9-27-18(24)15-12(3)22-13(4)16(19(25)28-10-2)17(15)14-11-20(5,6)23(26)21(14,7)8/h14,17,22H,9-11H2,1-8H3. The second-order valence-corrected chi connectivity index (χ2v) is 8.69. The summed E-state index contributed by atoms with van der Waals surface area (Å²) in [6.45, 7) is 15.1. The lowest BCUT2D eigenvalue weighted by atomic mass is 9.69. The summed E-state index contributed by atoms with van der Waals surface area (Å²) in [4.78, 5) is 25.8. The number of nitrogens with zero attached hydrogens (tertiary/aromatic N) is 1. The van der Waals surface area contributed by atoms with E-state index in [4.69, 9.17) is 9.47 Å². The van der Waals surface area contributed by atoms with Crippen LogP contribution in [-0.4, -0.2) is 41.3 Å². The van der Waals surface area contributed by atoms with E-state index in [9.17, 15) is 14.8 Å². The molecule has 2 aliphatic heterocycles. The van der Waals surface area contributed by atoms with Gasteiger partial charge >= 0.3 is 11.9 Å². The maximum absolute atomic E-state index is 13.0. The molecule has 157 valence electrons. The summed E-state index contributed by atoms with van der Waals surface area (Å²) in [7, 11) is 0. The first kappa shape index (κ1) is 22.4. The van der Waals surface area contributed by atoms with Crippen molar-refractivity contribution in [3.05, 3.63) is 22.5 Å². The van der Waals surface area contributed by atoms with E-state index in [2.05, 4.69) is 5.32 Å². The second kappa shape index (κ2) is 7.87. The Bertz CT molecular complexity index is 680. The zero-order chi connectivity index (χ0) is 21.4. The molecule has 0 spiro atoms. The number of rotatable bonds is 5. The molecule has 0 bridgehead atoms. The van der Waals surface area contributed by atoms with Crippen LogP contribution in [0.3, 0.4) is 0 Å². The Kier molecular flexibility index (Phi) is 6.31. The third-order valence-electron chi connectivity index (χ3n) is 5.90. The highest BCUT2D eigenvalue weighted by molar-refractivity contribution is 5.98. The van der Waals surface area contributed by atoms with Gasteiger partial charge in [0.15, 0.2) is 0 Å². The van der Waals surface area contributed by atoms with Gasteiger partial charge in [-0.05, 0) is 67.7 Å². The van der Waals surface area contributed by atoms with Crippen molar-refractivity contribution in [3.63, 3.8) is 0 Å². The van der Waals surface area contributed by atoms with Crippen LogP contribution in [0.15, 0.2) is 22.5 Å². The van der Waals surface area contributed by atoms with Crippen LogP contribution in [0.4, 0.5) is 0 Å². The molecule has 28 heavy (non-hydrogen) atoms. The molecule has 1 N–H and O–H groups in total. The fourth-order valence-corrected chi connectivity index (χ4v) is 4.73. The molecule has 0 aromatic heterocycles. The molecule has 0 amide bonds. The minimum Gasteiger partial charge on any atom is -0.463 e. The van der Waals surface area contributed by atoms with Crippen molar-refractivity contribution >= 4 is 11.9 Å². The zero-order valence-electron chi connectivity index (χ0n) is 18.3. The van der Waals surface area contributed by atoms with Crippen LogP contribution in [0.2, 0.25) is 0 Å². The number of hydrogen-bond acceptors (Lipinski definition) is 6. The molecule has 0 aromatic carbocycles. The summed E-state index contributed by atoms with van der Waals surface area (Å²) in [6, 6.07) is 0. The fourth-order valence-electron chi connectivity index (χ4n) is 4.73. The number of esters is 2. The van der Waals surface area contributed by atoms with Gasteiger partial charge in [0.1, 0.15) is 0 Å². The first-order chi connectivity index (χ1) is 12.9. The molecule has 1 radical (unpaired) electrons. The molecule has 7 nitrogen and oxygen atoms in total. The summed E-state index contributed by atoms with van der Waals surface area (Å²) in [5.41, 5.74) is 0.709. The summed E-state index contributed by atoms with van der Waals surface area (Å²) < 4.78 is 10.6. The van der Waals surface area contributed by atoms with Crippen molar-refractivity contribution < 1.29 is 24.3 Å². The molecule has 2 heterocycles. The number of dihydropyridines is 1. The largest absolute Gasteiger partial charge is 0.463 e. The van der Waals surface area contributed by atoms with Crippen LogP contribution in [0.5, 0.6) is 0 Å². The van der Waals surface area contributed by atoms with Gasteiger partial charge in [-0.2, -0.15) is 0 Å². The van der Waals surface area contributed by atoms with Crippen molar-refractivity contribution in [2.75, 3.05) is 13.2 Å². The predicted molar refractivity (Wildman–Crippen MR) is 104 cm³/mol. The van der Waals surface area contributed by atoms with Gasteiger partial charge in [-0.15, -0.1) is 10.3 Å². The minimum atomic E-state index is -0.776. The molecule has 7 heteroatoms. The van der Waals surface area contributed by atoms with E-state index in [-0.39, 0.29) is 19.1 Å². The number of allylic oxidation sites excluding steroid dienone is 2.